The molecule has 0 aliphatic heterocycles. The number of nitrogens with two attached hydrogens (primary N) is 1. The van der Waals surface area contributed by atoms with Crippen molar-refractivity contribution in [3.8, 4) is 34.4 Å². The summed E-state index contributed by atoms with van der Waals surface area (Å²) in [6, 6.07) is 15.2. The highest BCUT2D eigenvalue weighted by Gasteiger charge is 2.19. The van der Waals surface area contributed by atoms with Crippen molar-refractivity contribution in [2.45, 2.75) is 13.8 Å². The van der Waals surface area contributed by atoms with E-state index in [0.717, 1.165) is 22.6 Å². The van der Waals surface area contributed by atoms with Gasteiger partial charge in [-0.3, -0.25) is 0 Å². The molecule has 4 rings (SSSR count). The van der Waals surface area contributed by atoms with Crippen LogP contribution in [0.2, 0.25) is 0 Å². The molecule has 0 amide bonds. The molecule has 0 saturated heterocycles. The van der Waals surface area contributed by atoms with Crippen LogP contribution in [0.4, 0.5) is 5.82 Å². The van der Waals surface area contributed by atoms with Crippen molar-refractivity contribution >= 4 is 5.82 Å². The molecule has 0 spiro atoms. The molecule has 8 heteroatoms. The average molecular weight is 362 g/mol. The zero-order valence-corrected chi connectivity index (χ0v) is 15.0. The number of nitrogen functional groups attached to an aromatic ring is 1. The lowest BCUT2D eigenvalue weighted by Crippen LogP contribution is -2.02. The van der Waals surface area contributed by atoms with Crippen molar-refractivity contribution in [1.82, 2.24) is 25.1 Å². The van der Waals surface area contributed by atoms with Crippen LogP contribution >= 0.6 is 0 Å². The van der Waals surface area contributed by atoms with Crippen LogP contribution in [0, 0.1) is 6.92 Å². The third-order valence-electron chi connectivity index (χ3n) is 4.04. The summed E-state index contributed by atoms with van der Waals surface area (Å²) in [5, 5.41) is 12.2. The van der Waals surface area contributed by atoms with E-state index in [1.165, 1.54) is 4.68 Å². The summed E-state index contributed by atoms with van der Waals surface area (Å²) in [4.78, 5) is 4.39. The van der Waals surface area contributed by atoms with Gasteiger partial charge in [-0.25, -0.2) is 0 Å². The zero-order valence-electron chi connectivity index (χ0n) is 15.0. The molecule has 2 aromatic heterocycles. The SMILES string of the molecule is CCOc1ccc(-n2nnc(-c3nc(-c4ccc(C)cc4)no3)c2N)cc1. The number of nitrogens with zero attached hydrogens (tertiary/aromatic N) is 5. The normalized spacial score (nSPS) is 10.9. The van der Waals surface area contributed by atoms with E-state index in [2.05, 4.69) is 20.5 Å². The molecule has 136 valence electrons. The number of hydrogen-bond acceptors (Lipinski definition) is 7. The molecule has 0 radical (unpaired) electrons. The highest BCUT2D eigenvalue weighted by molar-refractivity contribution is 5.66. The summed E-state index contributed by atoms with van der Waals surface area (Å²) >= 11 is 0. The van der Waals surface area contributed by atoms with E-state index in [4.69, 9.17) is 15.0 Å². The number of benzene rings is 2. The second kappa shape index (κ2) is 6.91. The molecule has 0 aliphatic rings. The van der Waals surface area contributed by atoms with Gasteiger partial charge in [-0.05, 0) is 38.1 Å². The Bertz CT molecular complexity index is 1050. The Morgan fingerprint density at radius 3 is 2.52 bits per heavy atom. The molecule has 0 unspecified atom stereocenters. The molecule has 0 fully saturated rings. The van der Waals surface area contributed by atoms with Gasteiger partial charge in [0.25, 0.3) is 5.89 Å². The molecule has 27 heavy (non-hydrogen) atoms. The zero-order chi connectivity index (χ0) is 18.8. The van der Waals surface area contributed by atoms with Gasteiger partial charge in [-0.2, -0.15) is 9.67 Å². The minimum absolute atomic E-state index is 0.222. The molecule has 0 aliphatic carbocycles. The molecule has 0 bridgehead atoms. The van der Waals surface area contributed by atoms with Crippen molar-refractivity contribution in [2.24, 2.45) is 0 Å². The van der Waals surface area contributed by atoms with Crippen LogP contribution in [-0.4, -0.2) is 31.7 Å². The summed E-state index contributed by atoms with van der Waals surface area (Å²) in [6.45, 7) is 4.56. The molecular weight excluding hydrogens is 344 g/mol. The standard InChI is InChI=1S/C19H18N6O2/c1-3-26-15-10-8-14(9-11-15)25-17(20)16(22-24-25)19-21-18(23-27-19)13-6-4-12(2)5-7-13/h4-11H,3,20H2,1-2H3. The van der Waals surface area contributed by atoms with Crippen molar-refractivity contribution in [3.05, 3.63) is 54.1 Å². The summed E-state index contributed by atoms with van der Waals surface area (Å²) in [5.41, 5.74) is 9.32. The first kappa shape index (κ1) is 16.8. The fraction of sp³-hybridized carbons (Fsp3) is 0.158. The maximum Gasteiger partial charge on any atom is 0.282 e. The van der Waals surface area contributed by atoms with Crippen LogP contribution in [-0.2, 0) is 0 Å². The molecule has 2 N–H and O–H groups in total. The third kappa shape index (κ3) is 3.24. The fourth-order valence-corrected chi connectivity index (χ4v) is 2.62. The van der Waals surface area contributed by atoms with Crippen molar-refractivity contribution in [3.63, 3.8) is 0 Å². The van der Waals surface area contributed by atoms with Crippen molar-refractivity contribution in [2.75, 3.05) is 12.3 Å². The third-order valence-corrected chi connectivity index (χ3v) is 4.04. The predicted octanol–water partition coefficient (Wildman–Crippen LogP) is 3.27. The number of ether oxygens (including phenoxy) is 1. The molecular formula is C19H18N6O2. The summed E-state index contributed by atoms with van der Waals surface area (Å²) < 4.78 is 12.3. The average Bonchev–Trinajstić information content (AvgIpc) is 3.30. The van der Waals surface area contributed by atoms with E-state index in [1.807, 2.05) is 62.4 Å². The molecule has 4 aromatic rings. The smallest absolute Gasteiger partial charge is 0.282 e. The Balaban J connectivity index is 1.63. The van der Waals surface area contributed by atoms with Gasteiger partial charge in [0, 0.05) is 5.56 Å². The summed E-state index contributed by atoms with van der Waals surface area (Å²) in [5.74, 6) is 1.79. The topological polar surface area (TPSA) is 105 Å². The second-order valence-electron chi connectivity index (χ2n) is 5.95. The Morgan fingerprint density at radius 1 is 1.07 bits per heavy atom. The monoisotopic (exact) mass is 362 g/mol. The Labute approximate surface area is 155 Å². The van der Waals surface area contributed by atoms with E-state index < -0.39 is 0 Å². The first-order chi connectivity index (χ1) is 13.2. The lowest BCUT2D eigenvalue weighted by Gasteiger charge is -2.05. The summed E-state index contributed by atoms with van der Waals surface area (Å²) in [6.07, 6.45) is 0. The van der Waals surface area contributed by atoms with Gasteiger partial charge in [-0.1, -0.05) is 40.2 Å². The predicted molar refractivity (Wildman–Crippen MR) is 100 cm³/mol. The maximum atomic E-state index is 6.21. The number of rotatable bonds is 5. The largest absolute Gasteiger partial charge is 0.494 e. The van der Waals surface area contributed by atoms with Crippen LogP contribution in [0.3, 0.4) is 0 Å². The maximum absolute atomic E-state index is 6.21. The van der Waals surface area contributed by atoms with E-state index in [9.17, 15) is 0 Å². The fourth-order valence-electron chi connectivity index (χ4n) is 2.62. The minimum Gasteiger partial charge on any atom is -0.494 e. The van der Waals surface area contributed by atoms with E-state index >= 15 is 0 Å². The first-order valence-electron chi connectivity index (χ1n) is 8.51. The van der Waals surface area contributed by atoms with Gasteiger partial charge in [0.2, 0.25) is 5.82 Å². The molecule has 8 nitrogen and oxygen atoms in total. The van der Waals surface area contributed by atoms with Gasteiger partial charge in [-0.15, -0.1) is 5.10 Å². The Morgan fingerprint density at radius 2 is 1.81 bits per heavy atom. The lowest BCUT2D eigenvalue weighted by molar-refractivity contribution is 0.340. The number of aromatic nitrogens is 5. The minimum atomic E-state index is 0.222. The van der Waals surface area contributed by atoms with Gasteiger partial charge < -0.3 is 15.0 Å². The second-order valence-corrected chi connectivity index (χ2v) is 5.95. The highest BCUT2D eigenvalue weighted by atomic mass is 16.5. The van der Waals surface area contributed by atoms with Crippen LogP contribution in [0.5, 0.6) is 5.75 Å². The Hall–Kier alpha value is -3.68. The number of anilines is 1. The van der Waals surface area contributed by atoms with E-state index in [0.29, 0.717) is 23.9 Å². The van der Waals surface area contributed by atoms with Crippen molar-refractivity contribution in [1.29, 1.82) is 0 Å². The molecule has 2 heterocycles. The number of aryl methyl sites for hydroxylation is 1. The molecule has 0 saturated carbocycles. The van der Waals surface area contributed by atoms with Crippen LogP contribution in [0.15, 0.2) is 53.1 Å². The lowest BCUT2D eigenvalue weighted by atomic mass is 10.1. The first-order valence-corrected chi connectivity index (χ1v) is 8.51. The van der Waals surface area contributed by atoms with Crippen LogP contribution in [0.25, 0.3) is 28.7 Å². The van der Waals surface area contributed by atoms with E-state index in [1.54, 1.807) is 0 Å². The van der Waals surface area contributed by atoms with Gasteiger partial charge >= 0.3 is 0 Å². The van der Waals surface area contributed by atoms with Gasteiger partial charge in [0.05, 0.1) is 12.3 Å². The van der Waals surface area contributed by atoms with Crippen LogP contribution in [0.1, 0.15) is 12.5 Å². The quantitative estimate of drug-likeness (QED) is 0.581. The van der Waals surface area contributed by atoms with Gasteiger partial charge in [0.15, 0.2) is 11.5 Å². The van der Waals surface area contributed by atoms with Gasteiger partial charge in [0.1, 0.15) is 5.75 Å². The van der Waals surface area contributed by atoms with E-state index in [-0.39, 0.29) is 5.89 Å². The molecule has 0 atom stereocenters. The number of hydrogen-bond donors (Lipinski definition) is 1. The summed E-state index contributed by atoms with van der Waals surface area (Å²) in [7, 11) is 0. The molecule has 2 aromatic carbocycles. The van der Waals surface area contributed by atoms with Crippen LogP contribution < -0.4 is 10.5 Å². The Kier molecular flexibility index (Phi) is 4.29. The van der Waals surface area contributed by atoms with Crippen molar-refractivity contribution < 1.29 is 9.26 Å². The highest BCUT2D eigenvalue weighted by Crippen LogP contribution is 2.27.